The number of benzene rings is 1. The third kappa shape index (κ3) is 1.13. The Labute approximate surface area is 92.8 Å². The van der Waals surface area contributed by atoms with Crippen LogP contribution in [0.2, 0.25) is 0 Å². The number of hydrogen-bond donors (Lipinski definition) is 1. The zero-order valence-electron chi connectivity index (χ0n) is 8.99. The van der Waals surface area contributed by atoms with E-state index in [1.807, 2.05) is 28.8 Å². The lowest BCUT2D eigenvalue weighted by atomic mass is 10.2. The van der Waals surface area contributed by atoms with Gasteiger partial charge in [-0.15, -0.1) is 0 Å². The summed E-state index contributed by atoms with van der Waals surface area (Å²) in [7, 11) is 1.64. The fourth-order valence-electron chi connectivity index (χ4n) is 2.24. The number of carbonyl (C=O) groups excluding carboxylic acids is 1. The average molecular weight is 216 g/mol. The lowest BCUT2D eigenvalue weighted by molar-refractivity contribution is 0.0929. The molecule has 0 radical (unpaired) electrons. The number of fused-ring (bicyclic) bond motifs is 3. The first kappa shape index (κ1) is 9.27. The van der Waals surface area contributed by atoms with E-state index >= 15 is 0 Å². The van der Waals surface area contributed by atoms with Crippen molar-refractivity contribution in [1.82, 2.24) is 9.88 Å². The molecule has 0 spiro atoms. The van der Waals surface area contributed by atoms with E-state index in [1.165, 1.54) is 0 Å². The molecule has 0 aliphatic carbocycles. The van der Waals surface area contributed by atoms with Crippen LogP contribution in [0.15, 0.2) is 24.3 Å². The van der Waals surface area contributed by atoms with Crippen molar-refractivity contribution in [2.45, 2.75) is 6.54 Å². The van der Waals surface area contributed by atoms with Crippen molar-refractivity contribution in [3.63, 3.8) is 0 Å². The van der Waals surface area contributed by atoms with Gasteiger partial charge in [0.25, 0.3) is 5.91 Å². The summed E-state index contributed by atoms with van der Waals surface area (Å²) in [4.78, 5) is 11.7. The third-order valence-corrected chi connectivity index (χ3v) is 2.98. The first-order valence-electron chi connectivity index (χ1n) is 5.25. The minimum Gasteiger partial charge on any atom is -0.496 e. The van der Waals surface area contributed by atoms with Crippen molar-refractivity contribution in [1.29, 1.82) is 0 Å². The van der Waals surface area contributed by atoms with Crippen molar-refractivity contribution < 1.29 is 9.53 Å². The van der Waals surface area contributed by atoms with Gasteiger partial charge >= 0.3 is 0 Å². The van der Waals surface area contributed by atoms with Crippen LogP contribution in [0.5, 0.6) is 5.75 Å². The molecule has 1 amide bonds. The SMILES string of the molecule is COc1cccc2c1cc1n2CCNC1=O. The molecule has 4 heteroatoms. The van der Waals surface area contributed by atoms with E-state index < -0.39 is 0 Å². The number of ether oxygens (including phenoxy) is 1. The van der Waals surface area contributed by atoms with E-state index in [0.717, 1.165) is 23.2 Å². The van der Waals surface area contributed by atoms with Gasteiger partial charge in [0, 0.05) is 18.5 Å². The summed E-state index contributed by atoms with van der Waals surface area (Å²) in [5.41, 5.74) is 1.77. The van der Waals surface area contributed by atoms with Crippen LogP contribution in [0.1, 0.15) is 10.5 Å². The van der Waals surface area contributed by atoms with E-state index in [-0.39, 0.29) is 5.91 Å². The van der Waals surface area contributed by atoms with Gasteiger partial charge in [0.2, 0.25) is 0 Å². The van der Waals surface area contributed by atoms with Gasteiger partial charge in [-0.25, -0.2) is 0 Å². The number of amides is 1. The van der Waals surface area contributed by atoms with E-state index in [9.17, 15) is 4.79 Å². The molecule has 1 aliphatic rings. The Morgan fingerprint density at radius 3 is 3.12 bits per heavy atom. The Bertz CT molecular complexity index is 572. The maximum Gasteiger partial charge on any atom is 0.268 e. The Hall–Kier alpha value is -1.97. The Kier molecular flexibility index (Phi) is 1.89. The second kappa shape index (κ2) is 3.27. The van der Waals surface area contributed by atoms with Gasteiger partial charge in [-0.05, 0) is 18.2 Å². The van der Waals surface area contributed by atoms with Crippen LogP contribution < -0.4 is 10.1 Å². The van der Waals surface area contributed by atoms with Crippen molar-refractivity contribution in [3.8, 4) is 5.75 Å². The fraction of sp³-hybridized carbons (Fsp3) is 0.250. The second-order valence-corrected chi connectivity index (χ2v) is 3.83. The highest BCUT2D eigenvalue weighted by molar-refractivity contribution is 6.01. The topological polar surface area (TPSA) is 43.3 Å². The zero-order chi connectivity index (χ0) is 11.1. The molecule has 3 rings (SSSR count). The largest absolute Gasteiger partial charge is 0.496 e. The summed E-state index contributed by atoms with van der Waals surface area (Å²) in [5, 5.41) is 3.83. The van der Waals surface area contributed by atoms with Crippen molar-refractivity contribution in [2.24, 2.45) is 0 Å². The normalized spacial score (nSPS) is 14.7. The number of hydrogen-bond acceptors (Lipinski definition) is 2. The van der Waals surface area contributed by atoms with E-state index in [0.29, 0.717) is 12.2 Å². The highest BCUT2D eigenvalue weighted by Gasteiger charge is 2.20. The Morgan fingerprint density at radius 2 is 2.31 bits per heavy atom. The van der Waals surface area contributed by atoms with Crippen LogP contribution >= 0.6 is 0 Å². The molecule has 0 atom stereocenters. The predicted octanol–water partition coefficient (Wildman–Crippen LogP) is 1.39. The van der Waals surface area contributed by atoms with Gasteiger partial charge in [0.05, 0.1) is 12.6 Å². The van der Waals surface area contributed by atoms with Crippen LogP contribution in [-0.2, 0) is 6.54 Å². The summed E-state index contributed by atoms with van der Waals surface area (Å²) in [5.74, 6) is 0.803. The van der Waals surface area contributed by atoms with Crippen molar-refractivity contribution in [3.05, 3.63) is 30.0 Å². The van der Waals surface area contributed by atoms with Crippen LogP contribution in [0.4, 0.5) is 0 Å². The molecule has 0 saturated carbocycles. The summed E-state index contributed by atoms with van der Waals surface area (Å²) < 4.78 is 7.33. The first-order valence-corrected chi connectivity index (χ1v) is 5.25. The average Bonchev–Trinajstić information content (AvgIpc) is 2.69. The van der Waals surface area contributed by atoms with Crippen LogP contribution in [0, 0.1) is 0 Å². The van der Waals surface area contributed by atoms with Crippen LogP contribution in [0.3, 0.4) is 0 Å². The van der Waals surface area contributed by atoms with E-state index in [1.54, 1.807) is 7.11 Å². The highest BCUT2D eigenvalue weighted by Crippen LogP contribution is 2.29. The molecule has 1 aromatic carbocycles. The molecule has 1 aliphatic heterocycles. The lowest BCUT2D eigenvalue weighted by Gasteiger charge is -2.16. The summed E-state index contributed by atoms with van der Waals surface area (Å²) in [6, 6.07) is 7.76. The molecule has 82 valence electrons. The molecule has 0 fully saturated rings. The number of rotatable bonds is 1. The quantitative estimate of drug-likeness (QED) is 0.782. The maximum absolute atomic E-state index is 11.7. The van der Waals surface area contributed by atoms with E-state index in [2.05, 4.69) is 5.32 Å². The smallest absolute Gasteiger partial charge is 0.268 e. The zero-order valence-corrected chi connectivity index (χ0v) is 8.99. The minimum absolute atomic E-state index is 0.00972. The van der Waals surface area contributed by atoms with Gasteiger partial charge in [-0.3, -0.25) is 4.79 Å². The maximum atomic E-state index is 11.7. The van der Waals surface area contributed by atoms with Gasteiger partial charge in [-0.2, -0.15) is 0 Å². The minimum atomic E-state index is -0.00972. The van der Waals surface area contributed by atoms with Gasteiger partial charge in [0.15, 0.2) is 0 Å². The lowest BCUT2D eigenvalue weighted by Crippen LogP contribution is -2.34. The summed E-state index contributed by atoms with van der Waals surface area (Å²) >= 11 is 0. The van der Waals surface area contributed by atoms with Crippen molar-refractivity contribution >= 4 is 16.8 Å². The van der Waals surface area contributed by atoms with Crippen LogP contribution in [-0.4, -0.2) is 24.1 Å². The van der Waals surface area contributed by atoms with Crippen LogP contribution in [0.25, 0.3) is 10.9 Å². The predicted molar refractivity (Wildman–Crippen MR) is 60.8 cm³/mol. The first-order chi connectivity index (χ1) is 7.81. The fourth-order valence-corrected chi connectivity index (χ4v) is 2.24. The summed E-state index contributed by atoms with van der Waals surface area (Å²) in [6.07, 6.45) is 0. The standard InChI is InChI=1S/C12H12N2O2/c1-16-11-4-2-3-9-8(11)7-10-12(15)13-5-6-14(9)10/h2-4,7H,5-6H2,1H3,(H,13,15). The number of methoxy groups -OCH3 is 1. The van der Waals surface area contributed by atoms with Gasteiger partial charge < -0.3 is 14.6 Å². The summed E-state index contributed by atoms with van der Waals surface area (Å²) in [6.45, 7) is 1.50. The Balaban J connectivity index is 2.35. The van der Waals surface area contributed by atoms with Gasteiger partial charge in [0.1, 0.15) is 11.4 Å². The molecule has 0 bridgehead atoms. The molecule has 2 aromatic rings. The molecule has 2 heterocycles. The monoisotopic (exact) mass is 216 g/mol. The molecule has 0 unspecified atom stereocenters. The highest BCUT2D eigenvalue weighted by atomic mass is 16.5. The van der Waals surface area contributed by atoms with E-state index in [4.69, 9.17) is 4.74 Å². The number of aromatic nitrogens is 1. The molecule has 4 nitrogen and oxygen atoms in total. The molecular formula is C12H12N2O2. The molecule has 16 heavy (non-hydrogen) atoms. The molecular weight excluding hydrogens is 204 g/mol. The molecule has 0 saturated heterocycles. The number of nitrogens with one attached hydrogen (secondary N) is 1. The molecule has 1 N–H and O–H groups in total. The second-order valence-electron chi connectivity index (χ2n) is 3.83. The molecule has 1 aromatic heterocycles. The number of carbonyl (C=O) groups is 1. The Morgan fingerprint density at radius 1 is 1.44 bits per heavy atom. The number of nitrogens with zero attached hydrogens (tertiary/aromatic N) is 1. The third-order valence-electron chi connectivity index (χ3n) is 2.98. The van der Waals surface area contributed by atoms with Gasteiger partial charge in [-0.1, -0.05) is 6.07 Å². The van der Waals surface area contributed by atoms with Crippen molar-refractivity contribution in [2.75, 3.05) is 13.7 Å².